The molecule has 0 spiro atoms. The summed E-state index contributed by atoms with van der Waals surface area (Å²) in [4.78, 5) is 0. The van der Waals surface area contributed by atoms with Crippen molar-refractivity contribution in [3.05, 3.63) is 23.3 Å². The minimum absolute atomic E-state index is 0.232. The Morgan fingerprint density at radius 2 is 1.87 bits per heavy atom. The van der Waals surface area contributed by atoms with E-state index in [9.17, 15) is 0 Å². The molecule has 0 N–H and O–H groups in total. The molecule has 2 nitrogen and oxygen atoms in total. The second kappa shape index (κ2) is 9.13. The molecule has 0 amide bonds. The van der Waals surface area contributed by atoms with Crippen LogP contribution in [0.25, 0.3) is 0 Å². The van der Waals surface area contributed by atoms with Crippen LogP contribution in [0.5, 0.6) is 0 Å². The van der Waals surface area contributed by atoms with Gasteiger partial charge in [-0.15, -0.1) is 0 Å². The van der Waals surface area contributed by atoms with E-state index in [1.54, 1.807) is 14.2 Å². The lowest BCUT2D eigenvalue weighted by Crippen LogP contribution is -2.10. The van der Waals surface area contributed by atoms with Gasteiger partial charge in [-0.2, -0.15) is 0 Å². The summed E-state index contributed by atoms with van der Waals surface area (Å²) in [5.74, 6) is 0. The SMILES string of the molecule is COC(/C=C(\CBr)CCC=C(C)C)OC. The predicted molar refractivity (Wildman–Crippen MR) is 68.3 cm³/mol. The van der Waals surface area contributed by atoms with Gasteiger partial charge in [0.2, 0.25) is 0 Å². The lowest BCUT2D eigenvalue weighted by Gasteiger charge is -2.10. The number of allylic oxidation sites excluding steroid dienone is 3. The van der Waals surface area contributed by atoms with Gasteiger partial charge >= 0.3 is 0 Å². The highest BCUT2D eigenvalue weighted by Gasteiger charge is 2.02. The molecule has 0 aromatic heterocycles. The van der Waals surface area contributed by atoms with Crippen molar-refractivity contribution in [1.29, 1.82) is 0 Å². The first-order valence-corrected chi connectivity index (χ1v) is 6.20. The molecule has 0 aromatic carbocycles. The molecular weight excluding hydrogens is 256 g/mol. The fourth-order valence-electron chi connectivity index (χ4n) is 1.17. The summed E-state index contributed by atoms with van der Waals surface area (Å²) in [6.45, 7) is 4.23. The van der Waals surface area contributed by atoms with Crippen LogP contribution in [-0.2, 0) is 9.47 Å². The molecule has 3 heteroatoms. The van der Waals surface area contributed by atoms with E-state index < -0.39 is 0 Å². The van der Waals surface area contributed by atoms with Gasteiger partial charge in [0.05, 0.1) is 0 Å². The largest absolute Gasteiger partial charge is 0.352 e. The maximum Gasteiger partial charge on any atom is 0.176 e. The third-order valence-electron chi connectivity index (χ3n) is 2.03. The summed E-state index contributed by atoms with van der Waals surface area (Å²) in [6.07, 6.45) is 6.14. The van der Waals surface area contributed by atoms with Crippen LogP contribution in [0.1, 0.15) is 26.7 Å². The van der Waals surface area contributed by atoms with Crippen molar-refractivity contribution < 1.29 is 9.47 Å². The van der Waals surface area contributed by atoms with E-state index >= 15 is 0 Å². The first kappa shape index (κ1) is 14.9. The molecule has 0 atom stereocenters. The Labute approximate surface area is 101 Å². The molecule has 0 aromatic rings. The van der Waals surface area contributed by atoms with Crippen LogP contribution in [0, 0.1) is 0 Å². The molecule has 0 unspecified atom stereocenters. The van der Waals surface area contributed by atoms with E-state index in [2.05, 4.69) is 35.9 Å². The zero-order chi connectivity index (χ0) is 11.7. The van der Waals surface area contributed by atoms with Crippen molar-refractivity contribution >= 4 is 15.9 Å². The fraction of sp³-hybridized carbons (Fsp3) is 0.667. The van der Waals surface area contributed by atoms with Crippen molar-refractivity contribution in [1.82, 2.24) is 0 Å². The molecule has 0 heterocycles. The van der Waals surface area contributed by atoms with E-state index in [1.807, 2.05) is 6.08 Å². The Hall–Kier alpha value is -0.120. The Balaban J connectivity index is 4.16. The maximum atomic E-state index is 5.12. The van der Waals surface area contributed by atoms with Crippen LogP contribution in [0.4, 0.5) is 0 Å². The second-order valence-electron chi connectivity index (χ2n) is 3.62. The van der Waals surface area contributed by atoms with Gasteiger partial charge in [-0.05, 0) is 32.8 Å². The molecule has 88 valence electrons. The van der Waals surface area contributed by atoms with E-state index in [1.165, 1.54) is 11.1 Å². The quantitative estimate of drug-likeness (QED) is 0.401. The molecule has 0 aliphatic heterocycles. The van der Waals surface area contributed by atoms with Crippen molar-refractivity contribution in [2.24, 2.45) is 0 Å². The highest BCUT2D eigenvalue weighted by Crippen LogP contribution is 2.12. The number of ether oxygens (including phenoxy) is 2. The molecule has 0 saturated carbocycles. The average molecular weight is 277 g/mol. The molecule has 0 aliphatic carbocycles. The summed E-state index contributed by atoms with van der Waals surface area (Å²) in [5.41, 5.74) is 2.67. The topological polar surface area (TPSA) is 18.5 Å². The van der Waals surface area contributed by atoms with Gasteiger partial charge in [-0.3, -0.25) is 0 Å². The van der Waals surface area contributed by atoms with Crippen LogP contribution < -0.4 is 0 Å². The van der Waals surface area contributed by atoms with E-state index in [-0.39, 0.29) is 6.29 Å². The molecule has 0 aliphatic rings. The Morgan fingerprint density at radius 1 is 1.27 bits per heavy atom. The van der Waals surface area contributed by atoms with Crippen LogP contribution in [0.15, 0.2) is 23.3 Å². The van der Waals surface area contributed by atoms with Gasteiger partial charge in [0.1, 0.15) is 0 Å². The second-order valence-corrected chi connectivity index (χ2v) is 4.18. The first-order chi connectivity index (χ1) is 7.13. The van der Waals surface area contributed by atoms with Gasteiger partial charge in [0.15, 0.2) is 6.29 Å². The van der Waals surface area contributed by atoms with Crippen LogP contribution in [-0.4, -0.2) is 25.8 Å². The summed E-state index contributed by atoms with van der Waals surface area (Å²) >= 11 is 3.47. The molecule has 0 radical (unpaired) electrons. The van der Waals surface area contributed by atoms with Crippen molar-refractivity contribution in [2.75, 3.05) is 19.5 Å². The van der Waals surface area contributed by atoms with Crippen molar-refractivity contribution in [2.45, 2.75) is 33.0 Å². The monoisotopic (exact) mass is 276 g/mol. The molecule has 15 heavy (non-hydrogen) atoms. The normalized spacial score (nSPS) is 12.0. The summed E-state index contributed by atoms with van der Waals surface area (Å²) in [7, 11) is 3.29. The highest BCUT2D eigenvalue weighted by atomic mass is 79.9. The van der Waals surface area contributed by atoms with Gasteiger partial charge in [-0.25, -0.2) is 0 Å². The minimum atomic E-state index is -0.232. The predicted octanol–water partition coefficient (Wildman–Crippen LogP) is 3.67. The number of alkyl halides is 1. The Kier molecular flexibility index (Phi) is 9.06. The molecule has 0 rings (SSSR count). The van der Waals surface area contributed by atoms with Gasteiger partial charge < -0.3 is 9.47 Å². The average Bonchev–Trinajstić information content (AvgIpc) is 2.22. The number of hydrogen-bond acceptors (Lipinski definition) is 2. The maximum absolute atomic E-state index is 5.12. The van der Waals surface area contributed by atoms with Crippen LogP contribution in [0.3, 0.4) is 0 Å². The number of methoxy groups -OCH3 is 2. The number of hydrogen-bond donors (Lipinski definition) is 0. The highest BCUT2D eigenvalue weighted by molar-refractivity contribution is 9.09. The Bertz CT molecular complexity index is 214. The Morgan fingerprint density at radius 3 is 2.27 bits per heavy atom. The van der Waals surface area contributed by atoms with Crippen molar-refractivity contribution in [3.63, 3.8) is 0 Å². The smallest absolute Gasteiger partial charge is 0.176 e. The summed E-state index contributed by atoms with van der Waals surface area (Å²) in [5, 5.41) is 0.868. The van der Waals surface area contributed by atoms with Crippen molar-refractivity contribution in [3.8, 4) is 0 Å². The van der Waals surface area contributed by atoms with Gasteiger partial charge in [0, 0.05) is 19.5 Å². The number of halogens is 1. The van der Waals surface area contributed by atoms with Crippen LogP contribution in [0.2, 0.25) is 0 Å². The molecule has 0 bridgehead atoms. The lowest BCUT2D eigenvalue weighted by atomic mass is 10.1. The van der Waals surface area contributed by atoms with Crippen LogP contribution >= 0.6 is 15.9 Å². The standard InChI is InChI=1S/C12H21BrO2/c1-10(2)6-5-7-11(9-13)8-12(14-3)15-4/h6,8,12H,5,7,9H2,1-4H3/b11-8-. The third kappa shape index (κ3) is 7.77. The first-order valence-electron chi connectivity index (χ1n) is 5.08. The zero-order valence-corrected chi connectivity index (χ0v) is 11.6. The summed E-state index contributed by atoms with van der Waals surface area (Å²) in [6, 6.07) is 0. The van der Waals surface area contributed by atoms with Gasteiger partial charge in [-0.1, -0.05) is 33.2 Å². The molecule has 0 saturated heterocycles. The molecular formula is C12H21BrO2. The zero-order valence-electron chi connectivity index (χ0n) is 10.0. The number of rotatable bonds is 7. The van der Waals surface area contributed by atoms with E-state index in [0.717, 1.165) is 18.2 Å². The fourth-order valence-corrected chi connectivity index (χ4v) is 1.63. The van der Waals surface area contributed by atoms with E-state index in [0.29, 0.717) is 0 Å². The van der Waals surface area contributed by atoms with Gasteiger partial charge in [0.25, 0.3) is 0 Å². The lowest BCUT2D eigenvalue weighted by molar-refractivity contribution is -0.0671. The van der Waals surface area contributed by atoms with E-state index in [4.69, 9.17) is 9.47 Å². The third-order valence-corrected chi connectivity index (χ3v) is 2.75. The molecule has 0 fully saturated rings. The summed E-state index contributed by atoms with van der Waals surface area (Å²) < 4.78 is 10.2. The minimum Gasteiger partial charge on any atom is -0.352 e.